The van der Waals surface area contributed by atoms with Gasteiger partial charge in [-0.1, -0.05) is 48.0 Å². The highest BCUT2D eigenvalue weighted by atomic mass is 35.5. The van der Waals surface area contributed by atoms with Crippen LogP contribution in [0.2, 0.25) is 5.02 Å². The zero-order valence-electron chi connectivity index (χ0n) is 16.5. The number of rotatable bonds is 4. The van der Waals surface area contributed by atoms with Crippen LogP contribution < -0.4 is 5.32 Å². The van der Waals surface area contributed by atoms with Gasteiger partial charge >= 0.3 is 0 Å². The second-order valence-electron chi connectivity index (χ2n) is 7.43. The first-order chi connectivity index (χ1) is 15.0. The van der Waals surface area contributed by atoms with Crippen LogP contribution in [-0.4, -0.2) is 27.2 Å². The highest BCUT2D eigenvalue weighted by Gasteiger charge is 2.31. The maximum Gasteiger partial charge on any atom is 0.259 e. The zero-order chi connectivity index (χ0) is 22.0. The second kappa shape index (κ2) is 8.68. The lowest BCUT2D eigenvalue weighted by molar-refractivity contribution is 0.0590. The van der Waals surface area contributed by atoms with E-state index in [0.29, 0.717) is 25.1 Å². The Balaban J connectivity index is 1.61. The topological polar surface area (TPSA) is 96.6 Å². The summed E-state index contributed by atoms with van der Waals surface area (Å²) < 4.78 is 0. The number of fused-ring (bicyclic) bond motifs is 1. The lowest BCUT2D eigenvalue weighted by Crippen LogP contribution is -2.51. The van der Waals surface area contributed by atoms with Gasteiger partial charge in [-0.25, -0.2) is 0 Å². The third-order valence-electron chi connectivity index (χ3n) is 5.43. The van der Waals surface area contributed by atoms with Crippen LogP contribution >= 0.6 is 11.6 Å². The number of carbonyl (C=O) groups excluding carboxylic acids is 1. The van der Waals surface area contributed by atoms with Crippen LogP contribution in [0.5, 0.6) is 11.5 Å². The summed E-state index contributed by atoms with van der Waals surface area (Å²) in [7, 11) is 0. The average Bonchev–Trinajstić information content (AvgIpc) is 2.79. The number of amides is 1. The number of carbonyl (C=O) groups is 1. The quantitative estimate of drug-likeness (QED) is 0.579. The summed E-state index contributed by atoms with van der Waals surface area (Å²) in [6.45, 7) is 0.878. The Morgan fingerprint density at radius 1 is 1.10 bits per heavy atom. The molecule has 6 nitrogen and oxygen atoms in total. The van der Waals surface area contributed by atoms with E-state index in [0.717, 1.165) is 22.8 Å². The Kier molecular flexibility index (Phi) is 5.81. The van der Waals surface area contributed by atoms with Gasteiger partial charge in [-0.15, -0.1) is 0 Å². The maximum absolute atomic E-state index is 13.3. The van der Waals surface area contributed by atoms with E-state index in [9.17, 15) is 15.0 Å². The summed E-state index contributed by atoms with van der Waals surface area (Å²) in [5.41, 5.74) is 3.80. The van der Waals surface area contributed by atoms with E-state index in [1.165, 1.54) is 6.07 Å². The molecule has 0 aromatic heterocycles. The highest BCUT2D eigenvalue weighted by molar-refractivity contribution is 6.32. The molecule has 3 N–H and O–H groups in total. The predicted octanol–water partition coefficient (Wildman–Crippen LogP) is 3.94. The van der Waals surface area contributed by atoms with E-state index in [-0.39, 0.29) is 34.2 Å². The van der Waals surface area contributed by atoms with E-state index in [2.05, 4.69) is 11.4 Å². The third-order valence-corrected chi connectivity index (χ3v) is 5.73. The smallest absolute Gasteiger partial charge is 0.259 e. The van der Waals surface area contributed by atoms with Crippen LogP contribution in [0.4, 0.5) is 0 Å². The molecule has 1 atom stereocenters. The Morgan fingerprint density at radius 3 is 2.52 bits per heavy atom. The number of phenols is 2. The van der Waals surface area contributed by atoms with E-state index >= 15 is 0 Å². The van der Waals surface area contributed by atoms with Crippen LogP contribution in [0, 0.1) is 11.3 Å². The number of benzene rings is 3. The van der Waals surface area contributed by atoms with E-state index < -0.39 is 0 Å². The Hall–Kier alpha value is -3.53. The SMILES string of the molecule is N#Cc1ccc(CN[C@H]2Cc3ccccc3CN2C(=O)c2cc(Cl)c(O)cc2O)cc1. The molecular weight excluding hydrogens is 414 g/mol. The van der Waals surface area contributed by atoms with Gasteiger partial charge in [0.25, 0.3) is 5.91 Å². The number of aromatic hydroxyl groups is 2. The molecule has 1 aliphatic heterocycles. The highest BCUT2D eigenvalue weighted by Crippen LogP contribution is 2.33. The van der Waals surface area contributed by atoms with Gasteiger partial charge in [0.05, 0.1) is 28.4 Å². The van der Waals surface area contributed by atoms with E-state index in [1.54, 1.807) is 17.0 Å². The number of halogens is 1. The number of phenolic OH excluding ortho intramolecular Hbond substituents is 2. The molecule has 0 unspecified atom stereocenters. The van der Waals surface area contributed by atoms with Gasteiger partial charge in [-0.2, -0.15) is 5.26 Å². The number of hydrogen-bond acceptors (Lipinski definition) is 5. The van der Waals surface area contributed by atoms with Crippen LogP contribution in [0.25, 0.3) is 0 Å². The summed E-state index contributed by atoms with van der Waals surface area (Å²) in [5.74, 6) is -0.988. The van der Waals surface area contributed by atoms with Crippen LogP contribution in [-0.2, 0) is 19.5 Å². The fraction of sp³-hybridized carbons (Fsp3) is 0.167. The molecule has 0 saturated heterocycles. The molecule has 0 spiro atoms. The minimum atomic E-state index is -0.383. The first-order valence-electron chi connectivity index (χ1n) is 9.78. The molecule has 0 fully saturated rings. The second-order valence-corrected chi connectivity index (χ2v) is 7.84. The van der Waals surface area contributed by atoms with Gasteiger partial charge in [-0.3, -0.25) is 10.1 Å². The third kappa shape index (κ3) is 4.33. The minimum absolute atomic E-state index is 0.000603. The first-order valence-corrected chi connectivity index (χ1v) is 10.2. The van der Waals surface area contributed by atoms with Crippen molar-refractivity contribution in [2.24, 2.45) is 0 Å². The number of hydrogen-bond donors (Lipinski definition) is 3. The Morgan fingerprint density at radius 2 is 1.81 bits per heavy atom. The van der Waals surface area contributed by atoms with Crippen LogP contribution in [0.15, 0.2) is 60.7 Å². The molecule has 1 heterocycles. The fourth-order valence-electron chi connectivity index (χ4n) is 3.73. The maximum atomic E-state index is 13.3. The Bertz CT molecular complexity index is 1170. The van der Waals surface area contributed by atoms with Gasteiger partial charge in [0.2, 0.25) is 0 Å². The van der Waals surface area contributed by atoms with Crippen molar-refractivity contribution < 1.29 is 15.0 Å². The van der Waals surface area contributed by atoms with Crippen LogP contribution in [0.3, 0.4) is 0 Å². The van der Waals surface area contributed by atoms with Crippen molar-refractivity contribution in [2.45, 2.75) is 25.7 Å². The summed E-state index contributed by atoms with van der Waals surface area (Å²) in [5, 5.41) is 32.3. The fourth-order valence-corrected chi connectivity index (χ4v) is 3.89. The van der Waals surface area contributed by atoms with Crippen molar-refractivity contribution in [2.75, 3.05) is 0 Å². The molecular formula is C24H20ClN3O3. The zero-order valence-corrected chi connectivity index (χ0v) is 17.3. The van der Waals surface area contributed by atoms with Crippen molar-refractivity contribution >= 4 is 17.5 Å². The number of nitrogens with zero attached hydrogens (tertiary/aromatic N) is 2. The van der Waals surface area contributed by atoms with Crippen LogP contribution in [0.1, 0.15) is 32.6 Å². The standard InChI is InChI=1S/C24H20ClN3O3/c25-20-10-19(21(29)11-22(20)30)24(31)28-14-18-4-2-1-3-17(18)9-23(28)27-13-16-7-5-15(12-26)6-8-16/h1-8,10-11,23,27,29-30H,9,13-14H2/t23-/m1/s1. The predicted molar refractivity (Wildman–Crippen MR) is 117 cm³/mol. The van der Waals surface area contributed by atoms with E-state index in [4.69, 9.17) is 16.9 Å². The summed E-state index contributed by atoms with van der Waals surface area (Å²) >= 11 is 5.98. The monoisotopic (exact) mass is 433 g/mol. The molecule has 0 aliphatic carbocycles. The lowest BCUT2D eigenvalue weighted by atomic mass is 9.96. The molecule has 0 bridgehead atoms. The molecule has 1 aliphatic rings. The van der Waals surface area contributed by atoms with Crippen molar-refractivity contribution in [1.29, 1.82) is 5.26 Å². The first kappa shape index (κ1) is 20.7. The molecule has 7 heteroatoms. The van der Waals surface area contributed by atoms with E-state index in [1.807, 2.05) is 36.4 Å². The normalized spacial score (nSPS) is 15.2. The molecule has 0 radical (unpaired) electrons. The summed E-state index contributed by atoms with van der Waals surface area (Å²) in [6.07, 6.45) is 0.287. The Labute approximate surface area is 184 Å². The summed E-state index contributed by atoms with van der Waals surface area (Å²) in [4.78, 5) is 15.0. The average molecular weight is 434 g/mol. The van der Waals surface area contributed by atoms with Gasteiger partial charge in [0, 0.05) is 25.6 Å². The molecule has 156 valence electrons. The molecule has 0 saturated carbocycles. The van der Waals surface area contributed by atoms with Crippen molar-refractivity contribution in [3.8, 4) is 17.6 Å². The largest absolute Gasteiger partial charge is 0.507 e. The number of nitrogens with one attached hydrogen (secondary N) is 1. The van der Waals surface area contributed by atoms with Gasteiger partial charge in [0.1, 0.15) is 11.5 Å². The molecule has 1 amide bonds. The van der Waals surface area contributed by atoms with Gasteiger partial charge < -0.3 is 15.1 Å². The van der Waals surface area contributed by atoms with Crippen molar-refractivity contribution in [3.63, 3.8) is 0 Å². The van der Waals surface area contributed by atoms with Crippen molar-refractivity contribution in [1.82, 2.24) is 10.2 Å². The molecule has 3 aromatic carbocycles. The molecule has 3 aromatic rings. The van der Waals surface area contributed by atoms with Crippen molar-refractivity contribution in [3.05, 3.63) is 93.5 Å². The molecule has 4 rings (SSSR count). The minimum Gasteiger partial charge on any atom is -0.507 e. The summed E-state index contributed by atoms with van der Waals surface area (Å²) in [6, 6.07) is 19.7. The van der Waals surface area contributed by atoms with Gasteiger partial charge in [-0.05, 0) is 34.9 Å². The number of nitriles is 1. The van der Waals surface area contributed by atoms with Gasteiger partial charge in [0.15, 0.2) is 0 Å². The lowest BCUT2D eigenvalue weighted by Gasteiger charge is -2.37. The molecule has 31 heavy (non-hydrogen) atoms.